The van der Waals surface area contributed by atoms with E-state index in [0.29, 0.717) is 16.9 Å². The van der Waals surface area contributed by atoms with Crippen molar-refractivity contribution in [3.05, 3.63) is 91.9 Å². The number of nitrogens with one attached hydrogen (secondary N) is 1. The third-order valence-corrected chi connectivity index (χ3v) is 5.07. The molecule has 3 aromatic rings. The highest BCUT2D eigenvalue weighted by molar-refractivity contribution is 7.98. The zero-order valence-electron chi connectivity index (χ0n) is 14.5. The summed E-state index contributed by atoms with van der Waals surface area (Å²) in [5.74, 6) is -0.602. The van der Waals surface area contributed by atoms with Gasteiger partial charge in [-0.15, -0.1) is 11.8 Å². The van der Waals surface area contributed by atoms with Gasteiger partial charge in [0.2, 0.25) is 6.54 Å². The number of aromatic nitrogens is 2. The summed E-state index contributed by atoms with van der Waals surface area (Å²) in [6.45, 7) is 1.45. The number of nitrogens with zero attached hydrogens (tertiary/aromatic N) is 2. The molecule has 134 valence electrons. The largest absolute Gasteiger partial charge is 0.295 e. The molecule has 0 radical (unpaired) electrons. The number of nitro groups is 1. The summed E-state index contributed by atoms with van der Waals surface area (Å²) in [6.07, 6.45) is 1.97. The Morgan fingerprint density at radius 3 is 2.38 bits per heavy atom. The van der Waals surface area contributed by atoms with Gasteiger partial charge >= 0.3 is 0 Å². The van der Waals surface area contributed by atoms with Gasteiger partial charge in [-0.05, 0) is 43.0 Å². The van der Waals surface area contributed by atoms with Crippen molar-refractivity contribution in [3.8, 4) is 5.69 Å². The van der Waals surface area contributed by atoms with Crippen molar-refractivity contribution in [1.29, 1.82) is 0 Å². The molecule has 1 N–H and O–H groups in total. The second kappa shape index (κ2) is 7.61. The minimum atomic E-state index is -0.602. The van der Waals surface area contributed by atoms with Crippen LogP contribution in [-0.4, -0.2) is 27.5 Å². The number of benzene rings is 2. The fourth-order valence-corrected chi connectivity index (χ4v) is 3.49. The van der Waals surface area contributed by atoms with Crippen LogP contribution in [0.1, 0.15) is 22.7 Å². The molecule has 0 amide bonds. The van der Waals surface area contributed by atoms with E-state index in [1.54, 1.807) is 18.7 Å². The van der Waals surface area contributed by atoms with Crippen LogP contribution in [0.2, 0.25) is 0 Å². The summed E-state index contributed by atoms with van der Waals surface area (Å²) in [5, 5.41) is 14.3. The van der Waals surface area contributed by atoms with Crippen LogP contribution in [0.5, 0.6) is 0 Å². The molecule has 0 saturated heterocycles. The van der Waals surface area contributed by atoms with E-state index in [-0.39, 0.29) is 17.0 Å². The van der Waals surface area contributed by atoms with Crippen LogP contribution >= 0.6 is 11.8 Å². The molecule has 1 heterocycles. The van der Waals surface area contributed by atoms with E-state index in [1.807, 2.05) is 60.9 Å². The van der Waals surface area contributed by atoms with Crippen LogP contribution in [-0.2, 0) is 0 Å². The SMILES string of the molecule is CSc1ccc(C(C[N+](=O)[O-])c2c(C)[nH]n(-c3ccccc3)c2=O)cc1. The van der Waals surface area contributed by atoms with E-state index in [1.165, 1.54) is 4.68 Å². The van der Waals surface area contributed by atoms with Crippen molar-refractivity contribution in [1.82, 2.24) is 9.78 Å². The van der Waals surface area contributed by atoms with Crippen molar-refractivity contribution in [3.63, 3.8) is 0 Å². The normalized spacial score (nSPS) is 12.1. The predicted octanol–water partition coefficient (Wildman–Crippen LogP) is 3.60. The maximum atomic E-state index is 13.0. The fraction of sp³-hybridized carbons (Fsp3) is 0.211. The van der Waals surface area contributed by atoms with E-state index in [4.69, 9.17) is 0 Å². The van der Waals surface area contributed by atoms with Gasteiger partial charge in [-0.3, -0.25) is 20.0 Å². The number of hydrogen-bond donors (Lipinski definition) is 1. The number of rotatable bonds is 6. The summed E-state index contributed by atoms with van der Waals surface area (Å²) in [5.41, 5.74) is 2.28. The minimum absolute atomic E-state index is 0.255. The molecule has 1 atom stereocenters. The molecule has 1 aromatic heterocycles. The lowest BCUT2D eigenvalue weighted by atomic mass is 9.91. The molecule has 0 aliphatic carbocycles. The second-order valence-electron chi connectivity index (χ2n) is 5.97. The first-order valence-corrected chi connectivity index (χ1v) is 9.36. The van der Waals surface area contributed by atoms with Gasteiger partial charge in [0, 0.05) is 15.5 Å². The number of aromatic amines is 1. The van der Waals surface area contributed by atoms with Gasteiger partial charge in [-0.1, -0.05) is 30.3 Å². The molecule has 0 bridgehead atoms. The molecular weight excluding hydrogens is 350 g/mol. The Hall–Kier alpha value is -2.80. The summed E-state index contributed by atoms with van der Waals surface area (Å²) >= 11 is 1.60. The Bertz CT molecular complexity index is 962. The third kappa shape index (κ3) is 3.57. The number of H-pyrrole nitrogens is 1. The molecule has 0 spiro atoms. The smallest absolute Gasteiger partial charge is 0.275 e. The monoisotopic (exact) mass is 369 g/mol. The summed E-state index contributed by atoms with van der Waals surface area (Å²) in [4.78, 5) is 25.0. The van der Waals surface area contributed by atoms with Crippen LogP contribution in [0.15, 0.2) is 64.3 Å². The molecule has 26 heavy (non-hydrogen) atoms. The number of thioether (sulfide) groups is 1. The molecule has 0 aliphatic heterocycles. The van der Waals surface area contributed by atoms with Crippen molar-refractivity contribution >= 4 is 11.8 Å². The highest BCUT2D eigenvalue weighted by Gasteiger charge is 2.27. The number of aryl methyl sites for hydroxylation is 1. The first-order chi connectivity index (χ1) is 12.5. The van der Waals surface area contributed by atoms with E-state index < -0.39 is 5.92 Å². The van der Waals surface area contributed by atoms with Gasteiger partial charge in [0.15, 0.2) is 0 Å². The van der Waals surface area contributed by atoms with E-state index in [0.717, 1.165) is 10.5 Å². The standard InChI is InChI=1S/C19H19N3O3S/c1-13-18(19(23)22(20-13)15-6-4-3-5-7-15)17(12-21(24)25)14-8-10-16(26-2)11-9-14/h3-11,17,20H,12H2,1-2H3. The lowest BCUT2D eigenvalue weighted by Gasteiger charge is -2.12. The molecule has 1 unspecified atom stereocenters. The first-order valence-electron chi connectivity index (χ1n) is 8.14. The first kappa shape index (κ1) is 18.0. The predicted molar refractivity (Wildman–Crippen MR) is 103 cm³/mol. The average Bonchev–Trinajstić information content (AvgIpc) is 2.95. The second-order valence-corrected chi connectivity index (χ2v) is 6.85. The van der Waals surface area contributed by atoms with Crippen LogP contribution in [0.4, 0.5) is 0 Å². The maximum Gasteiger partial charge on any atom is 0.275 e. The lowest BCUT2D eigenvalue weighted by molar-refractivity contribution is -0.481. The van der Waals surface area contributed by atoms with Gasteiger partial charge in [0.05, 0.1) is 17.2 Å². The van der Waals surface area contributed by atoms with Crippen molar-refractivity contribution < 1.29 is 4.92 Å². The molecule has 0 aliphatic rings. The fourth-order valence-electron chi connectivity index (χ4n) is 3.08. The van der Waals surface area contributed by atoms with E-state index in [9.17, 15) is 14.9 Å². The Kier molecular flexibility index (Phi) is 5.27. The Balaban J connectivity index is 2.11. The van der Waals surface area contributed by atoms with Gasteiger partial charge in [-0.25, -0.2) is 4.68 Å². The Morgan fingerprint density at radius 2 is 1.81 bits per heavy atom. The molecule has 3 rings (SSSR count). The van der Waals surface area contributed by atoms with E-state index in [2.05, 4.69) is 5.10 Å². The summed E-state index contributed by atoms with van der Waals surface area (Å²) in [6, 6.07) is 16.7. The highest BCUT2D eigenvalue weighted by atomic mass is 32.2. The maximum absolute atomic E-state index is 13.0. The van der Waals surface area contributed by atoms with Crippen molar-refractivity contribution in [2.45, 2.75) is 17.7 Å². The van der Waals surface area contributed by atoms with Crippen LogP contribution in [0, 0.1) is 17.0 Å². The lowest BCUT2D eigenvalue weighted by Crippen LogP contribution is -2.23. The van der Waals surface area contributed by atoms with Crippen LogP contribution in [0.25, 0.3) is 5.69 Å². The van der Waals surface area contributed by atoms with Crippen LogP contribution in [0.3, 0.4) is 0 Å². The van der Waals surface area contributed by atoms with Gasteiger partial charge in [0.1, 0.15) is 0 Å². The summed E-state index contributed by atoms with van der Waals surface area (Å²) in [7, 11) is 0. The quantitative estimate of drug-likeness (QED) is 0.409. The molecule has 6 nitrogen and oxygen atoms in total. The third-order valence-electron chi connectivity index (χ3n) is 4.33. The van der Waals surface area contributed by atoms with Gasteiger partial charge < -0.3 is 0 Å². The topological polar surface area (TPSA) is 80.9 Å². The van der Waals surface area contributed by atoms with Crippen LogP contribution < -0.4 is 5.56 Å². The molecule has 2 aromatic carbocycles. The van der Waals surface area contributed by atoms with Crippen molar-refractivity contribution in [2.24, 2.45) is 0 Å². The number of para-hydroxylation sites is 1. The minimum Gasteiger partial charge on any atom is -0.295 e. The van der Waals surface area contributed by atoms with Gasteiger partial charge in [-0.2, -0.15) is 0 Å². The van der Waals surface area contributed by atoms with Gasteiger partial charge in [0.25, 0.3) is 5.56 Å². The molecule has 0 saturated carbocycles. The summed E-state index contributed by atoms with van der Waals surface area (Å²) < 4.78 is 1.44. The molecular formula is C19H19N3O3S. The van der Waals surface area contributed by atoms with E-state index >= 15 is 0 Å². The number of hydrogen-bond acceptors (Lipinski definition) is 4. The highest BCUT2D eigenvalue weighted by Crippen LogP contribution is 2.27. The zero-order valence-corrected chi connectivity index (χ0v) is 15.3. The molecule has 0 fully saturated rings. The molecule has 7 heteroatoms. The Morgan fingerprint density at radius 1 is 1.15 bits per heavy atom. The van der Waals surface area contributed by atoms with Crippen molar-refractivity contribution in [2.75, 3.05) is 12.8 Å². The average molecular weight is 369 g/mol. The zero-order chi connectivity index (χ0) is 18.7. The Labute approximate surface area is 155 Å².